The molecule has 2 aliphatic carbocycles. The van der Waals surface area contributed by atoms with Crippen LogP contribution in [0.2, 0.25) is 0 Å². The van der Waals surface area contributed by atoms with Gasteiger partial charge in [-0.05, 0) is 69.6 Å². The molecule has 1 aliphatic heterocycles. The number of methoxy groups -OCH3 is 1. The highest BCUT2D eigenvalue weighted by atomic mass is 32.2. The molecular weight excluding hydrogens is 392 g/mol. The van der Waals surface area contributed by atoms with E-state index in [9.17, 15) is 8.42 Å². The van der Waals surface area contributed by atoms with E-state index in [1.807, 2.05) is 18.2 Å². The lowest BCUT2D eigenvalue weighted by molar-refractivity contribution is -0.0487. The second-order valence-electron chi connectivity index (χ2n) is 8.54. The van der Waals surface area contributed by atoms with Crippen LogP contribution in [0.3, 0.4) is 0 Å². The van der Waals surface area contributed by atoms with Crippen molar-refractivity contribution in [2.45, 2.75) is 75.5 Å². The van der Waals surface area contributed by atoms with Crippen molar-refractivity contribution >= 4 is 15.7 Å². The maximum Gasteiger partial charge on any atom is 0.208 e. The molecule has 0 unspecified atom stereocenters. The lowest BCUT2D eigenvalue weighted by Gasteiger charge is -2.34. The summed E-state index contributed by atoms with van der Waals surface area (Å²) in [4.78, 5) is 5.90. The van der Waals surface area contributed by atoms with Crippen molar-refractivity contribution in [2.75, 3.05) is 13.4 Å². The summed E-state index contributed by atoms with van der Waals surface area (Å²) in [7, 11) is -1.52. The monoisotopic (exact) mass is 422 g/mol. The van der Waals surface area contributed by atoms with Crippen LogP contribution in [0, 0.1) is 0 Å². The molecule has 1 N–H and O–H groups in total. The van der Waals surface area contributed by atoms with E-state index in [1.165, 1.54) is 19.1 Å². The van der Waals surface area contributed by atoms with E-state index < -0.39 is 10.0 Å². The van der Waals surface area contributed by atoms with E-state index in [0.717, 1.165) is 67.7 Å². The standard InChI is InChI=1S/C21H30N2O5S/c1-26-19-8-7-15(13-20(19)27-17-5-3-4-6-17)18-14-21(28-22-18)11-9-16(10-12-21)23-29(2,24)25/h7-8,13,16-17,23H,3-6,9-12,14H2,1-2H3. The maximum atomic E-state index is 11.5. The Balaban J connectivity index is 1.42. The summed E-state index contributed by atoms with van der Waals surface area (Å²) in [6.07, 6.45) is 9.88. The van der Waals surface area contributed by atoms with E-state index in [2.05, 4.69) is 9.88 Å². The van der Waals surface area contributed by atoms with Crippen LogP contribution in [-0.4, -0.2) is 45.2 Å². The number of rotatable bonds is 6. The molecule has 7 nitrogen and oxygen atoms in total. The topological polar surface area (TPSA) is 86.2 Å². The van der Waals surface area contributed by atoms with Crippen molar-refractivity contribution in [1.82, 2.24) is 4.72 Å². The van der Waals surface area contributed by atoms with Gasteiger partial charge >= 0.3 is 0 Å². The van der Waals surface area contributed by atoms with Gasteiger partial charge in [0.2, 0.25) is 10.0 Å². The van der Waals surface area contributed by atoms with Gasteiger partial charge in [0.05, 0.1) is 25.2 Å². The Morgan fingerprint density at radius 3 is 2.52 bits per heavy atom. The van der Waals surface area contributed by atoms with Crippen LogP contribution in [-0.2, 0) is 14.9 Å². The third-order valence-electron chi connectivity index (χ3n) is 6.21. The Hall–Kier alpha value is -1.80. The second kappa shape index (κ2) is 8.14. The van der Waals surface area contributed by atoms with Gasteiger partial charge < -0.3 is 14.3 Å². The number of benzene rings is 1. The molecule has 1 aromatic rings. The van der Waals surface area contributed by atoms with Gasteiger partial charge in [-0.2, -0.15) is 0 Å². The van der Waals surface area contributed by atoms with E-state index in [1.54, 1.807) is 7.11 Å². The summed E-state index contributed by atoms with van der Waals surface area (Å²) in [6.45, 7) is 0. The van der Waals surface area contributed by atoms with Gasteiger partial charge in [-0.3, -0.25) is 0 Å². The number of nitrogens with zero attached hydrogens (tertiary/aromatic N) is 1. The number of hydrogen-bond acceptors (Lipinski definition) is 6. The first kappa shape index (κ1) is 20.5. The van der Waals surface area contributed by atoms with Crippen LogP contribution in [0.15, 0.2) is 23.4 Å². The van der Waals surface area contributed by atoms with Crippen molar-refractivity contribution in [1.29, 1.82) is 0 Å². The van der Waals surface area contributed by atoms with Crippen molar-refractivity contribution < 1.29 is 22.7 Å². The first-order valence-corrected chi connectivity index (χ1v) is 12.3. The minimum atomic E-state index is -3.18. The maximum absolute atomic E-state index is 11.5. The number of oxime groups is 1. The molecule has 1 heterocycles. The van der Waals surface area contributed by atoms with Gasteiger partial charge in [0.15, 0.2) is 11.5 Å². The quantitative estimate of drug-likeness (QED) is 0.760. The van der Waals surface area contributed by atoms with Crippen LogP contribution in [0.1, 0.15) is 63.4 Å². The van der Waals surface area contributed by atoms with Crippen molar-refractivity contribution in [3.05, 3.63) is 23.8 Å². The zero-order chi connectivity index (χ0) is 20.5. The SMILES string of the molecule is COc1ccc(C2=NOC3(CCC(NS(C)(=O)=O)CC3)C2)cc1OC1CCCC1. The molecule has 4 rings (SSSR count). The first-order valence-electron chi connectivity index (χ1n) is 10.4. The van der Waals surface area contributed by atoms with Crippen LogP contribution in [0.4, 0.5) is 0 Å². The van der Waals surface area contributed by atoms with E-state index >= 15 is 0 Å². The highest BCUT2D eigenvalue weighted by molar-refractivity contribution is 7.88. The summed E-state index contributed by atoms with van der Waals surface area (Å²) in [5.41, 5.74) is 1.59. The predicted octanol–water partition coefficient (Wildman–Crippen LogP) is 3.37. The smallest absolute Gasteiger partial charge is 0.208 e. The Kier molecular flexibility index (Phi) is 5.75. The van der Waals surface area contributed by atoms with Crippen LogP contribution >= 0.6 is 0 Å². The molecule has 2 saturated carbocycles. The first-order chi connectivity index (χ1) is 13.9. The summed E-state index contributed by atoms with van der Waals surface area (Å²) in [5, 5.41) is 4.39. The molecule has 2 fully saturated rings. The molecule has 0 aromatic heterocycles. The Labute approximate surface area is 172 Å². The Morgan fingerprint density at radius 2 is 1.86 bits per heavy atom. The van der Waals surface area contributed by atoms with Gasteiger partial charge in [0, 0.05) is 18.0 Å². The minimum absolute atomic E-state index is 0.0179. The molecule has 0 saturated heterocycles. The summed E-state index contributed by atoms with van der Waals surface area (Å²) in [5.74, 6) is 1.50. The molecule has 0 atom stereocenters. The lowest BCUT2D eigenvalue weighted by atomic mass is 9.79. The molecule has 1 spiro atoms. The molecule has 1 aromatic carbocycles. The Bertz CT molecular complexity index is 869. The van der Waals surface area contributed by atoms with Gasteiger partial charge in [-0.15, -0.1) is 0 Å². The van der Waals surface area contributed by atoms with Crippen LogP contribution in [0.5, 0.6) is 11.5 Å². The number of nitrogens with one attached hydrogen (secondary N) is 1. The van der Waals surface area contributed by atoms with Crippen LogP contribution < -0.4 is 14.2 Å². The van der Waals surface area contributed by atoms with Crippen molar-refractivity contribution in [3.63, 3.8) is 0 Å². The largest absolute Gasteiger partial charge is 0.493 e. The van der Waals surface area contributed by atoms with Gasteiger partial charge in [0.1, 0.15) is 5.60 Å². The average molecular weight is 423 g/mol. The predicted molar refractivity (Wildman–Crippen MR) is 111 cm³/mol. The molecule has 160 valence electrons. The second-order valence-corrected chi connectivity index (χ2v) is 10.3. The fraction of sp³-hybridized carbons (Fsp3) is 0.667. The van der Waals surface area contributed by atoms with Crippen LogP contribution in [0.25, 0.3) is 0 Å². The summed E-state index contributed by atoms with van der Waals surface area (Å²) < 4.78 is 37.3. The highest BCUT2D eigenvalue weighted by Gasteiger charge is 2.43. The molecule has 0 bridgehead atoms. The van der Waals surface area contributed by atoms with Gasteiger partial charge in [-0.1, -0.05) is 5.16 Å². The van der Waals surface area contributed by atoms with Crippen molar-refractivity contribution in [3.8, 4) is 11.5 Å². The fourth-order valence-corrected chi connectivity index (χ4v) is 5.48. The molecule has 0 radical (unpaired) electrons. The number of sulfonamides is 1. The normalized spacial score (nSPS) is 27.7. The highest BCUT2D eigenvalue weighted by Crippen LogP contribution is 2.41. The fourth-order valence-electron chi connectivity index (χ4n) is 4.64. The van der Waals surface area contributed by atoms with E-state index in [4.69, 9.17) is 14.3 Å². The molecule has 29 heavy (non-hydrogen) atoms. The Morgan fingerprint density at radius 1 is 1.14 bits per heavy atom. The van der Waals surface area contributed by atoms with E-state index in [0.29, 0.717) is 0 Å². The van der Waals surface area contributed by atoms with Gasteiger partial charge in [-0.25, -0.2) is 13.1 Å². The minimum Gasteiger partial charge on any atom is -0.493 e. The average Bonchev–Trinajstić information content (AvgIpc) is 3.33. The van der Waals surface area contributed by atoms with E-state index in [-0.39, 0.29) is 17.7 Å². The lowest BCUT2D eigenvalue weighted by Crippen LogP contribution is -2.43. The number of ether oxygens (including phenoxy) is 2. The molecular formula is C21H30N2O5S. The van der Waals surface area contributed by atoms with Gasteiger partial charge in [0.25, 0.3) is 0 Å². The zero-order valence-electron chi connectivity index (χ0n) is 17.1. The third-order valence-corrected chi connectivity index (χ3v) is 6.97. The third kappa shape index (κ3) is 4.86. The molecule has 0 amide bonds. The van der Waals surface area contributed by atoms with Crippen molar-refractivity contribution in [2.24, 2.45) is 5.16 Å². The summed E-state index contributed by atoms with van der Waals surface area (Å²) >= 11 is 0. The molecule has 3 aliphatic rings. The molecule has 8 heteroatoms. The zero-order valence-corrected chi connectivity index (χ0v) is 18.0. The number of hydrogen-bond donors (Lipinski definition) is 1. The summed E-state index contributed by atoms with van der Waals surface area (Å²) in [6, 6.07) is 5.92.